The van der Waals surface area contributed by atoms with Crippen molar-refractivity contribution in [3.63, 3.8) is 0 Å². The van der Waals surface area contributed by atoms with E-state index in [9.17, 15) is 9.90 Å². The first kappa shape index (κ1) is 7.02. The molecule has 0 radical (unpaired) electrons. The molecule has 0 spiro atoms. The number of rotatable bonds is 1. The summed E-state index contributed by atoms with van der Waals surface area (Å²) in [6.45, 7) is 0. The van der Waals surface area contributed by atoms with Crippen LogP contribution in [0.15, 0.2) is 18.5 Å². The van der Waals surface area contributed by atoms with Crippen molar-refractivity contribution in [2.45, 2.75) is 0 Å². The number of carboxylic acid groups (broad SMARTS) is 1. The van der Waals surface area contributed by atoms with Gasteiger partial charge in [-0.1, -0.05) is 11.6 Å². The maximum Gasteiger partial charge on any atom is 0.0731 e. The van der Waals surface area contributed by atoms with E-state index in [4.69, 9.17) is 11.6 Å². The Morgan fingerprint density at radius 2 is 2.40 bits per heavy atom. The summed E-state index contributed by atoms with van der Waals surface area (Å²) < 4.78 is 0. The van der Waals surface area contributed by atoms with E-state index in [0.29, 0.717) is 0 Å². The Balaban J connectivity index is 3.15. The molecule has 0 atom stereocenters. The maximum absolute atomic E-state index is 10.2. The predicted molar refractivity (Wildman–Crippen MR) is 33.6 cm³/mol. The van der Waals surface area contributed by atoms with Crippen LogP contribution in [0.4, 0.5) is 0 Å². The Hall–Kier alpha value is -1.09. The minimum absolute atomic E-state index is 0.0309. The first-order valence-corrected chi connectivity index (χ1v) is 2.90. The largest absolute Gasteiger partial charge is 0.545 e. The number of pyridine rings is 1. The van der Waals surface area contributed by atoms with Gasteiger partial charge in [0.25, 0.3) is 0 Å². The van der Waals surface area contributed by atoms with E-state index in [2.05, 4.69) is 4.98 Å². The zero-order valence-corrected chi connectivity index (χ0v) is 5.63. The van der Waals surface area contributed by atoms with Crippen LogP contribution >= 0.6 is 11.6 Å². The van der Waals surface area contributed by atoms with Gasteiger partial charge in [0.2, 0.25) is 0 Å². The fraction of sp³-hybridized carbons (Fsp3) is 0. The van der Waals surface area contributed by atoms with Crippen LogP contribution in [0.1, 0.15) is 10.4 Å². The molecule has 4 heteroatoms. The average molecular weight is 157 g/mol. The lowest BCUT2D eigenvalue weighted by atomic mass is 10.3. The van der Waals surface area contributed by atoms with Crippen LogP contribution in [0.25, 0.3) is 0 Å². The number of hydrogen-bond donors (Lipinski definition) is 0. The number of carboxylic acids is 1. The van der Waals surface area contributed by atoms with E-state index in [-0.39, 0.29) is 10.6 Å². The summed E-state index contributed by atoms with van der Waals surface area (Å²) in [7, 11) is 0. The van der Waals surface area contributed by atoms with Gasteiger partial charge in [-0.15, -0.1) is 0 Å². The fourth-order valence-electron chi connectivity index (χ4n) is 0.541. The fourth-order valence-corrected chi connectivity index (χ4v) is 0.737. The van der Waals surface area contributed by atoms with Crippen LogP contribution in [-0.4, -0.2) is 11.0 Å². The van der Waals surface area contributed by atoms with E-state index in [1.54, 1.807) is 0 Å². The molecule has 0 unspecified atom stereocenters. The van der Waals surface area contributed by atoms with E-state index in [1.807, 2.05) is 0 Å². The lowest BCUT2D eigenvalue weighted by Gasteiger charge is -2.01. The van der Waals surface area contributed by atoms with Gasteiger partial charge in [-0.3, -0.25) is 4.98 Å². The Kier molecular flexibility index (Phi) is 1.87. The Morgan fingerprint density at radius 3 is 2.80 bits per heavy atom. The van der Waals surface area contributed by atoms with Gasteiger partial charge in [-0.05, 0) is 6.07 Å². The molecule has 1 aromatic rings. The summed E-state index contributed by atoms with van der Waals surface area (Å²) in [5.74, 6) is -1.28. The van der Waals surface area contributed by atoms with Crippen molar-refractivity contribution in [3.8, 4) is 0 Å². The lowest BCUT2D eigenvalue weighted by molar-refractivity contribution is -0.255. The van der Waals surface area contributed by atoms with Crippen molar-refractivity contribution in [1.29, 1.82) is 0 Å². The Bertz CT molecular complexity index is 262. The second kappa shape index (κ2) is 2.66. The second-order valence-corrected chi connectivity index (χ2v) is 2.05. The Labute approximate surface area is 62.3 Å². The van der Waals surface area contributed by atoms with Gasteiger partial charge in [0.15, 0.2) is 0 Å². The highest BCUT2D eigenvalue weighted by Crippen LogP contribution is 2.11. The molecule has 0 saturated heterocycles. The maximum atomic E-state index is 10.2. The van der Waals surface area contributed by atoms with Crippen LogP contribution in [0, 0.1) is 0 Å². The third-order valence-corrected chi connectivity index (χ3v) is 1.29. The lowest BCUT2D eigenvalue weighted by Crippen LogP contribution is -2.22. The number of aromatic carboxylic acids is 1. The molecule has 0 fully saturated rings. The van der Waals surface area contributed by atoms with Crippen LogP contribution in [0.2, 0.25) is 5.02 Å². The molecule has 52 valence electrons. The summed E-state index contributed by atoms with van der Waals surface area (Å²) in [5.41, 5.74) is -0.0309. The van der Waals surface area contributed by atoms with Gasteiger partial charge in [-0.2, -0.15) is 0 Å². The molecule has 1 rings (SSSR count). The van der Waals surface area contributed by atoms with Gasteiger partial charge < -0.3 is 9.90 Å². The van der Waals surface area contributed by atoms with Crippen LogP contribution in [0.5, 0.6) is 0 Å². The summed E-state index contributed by atoms with van der Waals surface area (Å²) in [6, 6.07) is 1.29. The topological polar surface area (TPSA) is 53.0 Å². The van der Waals surface area contributed by atoms with Crippen molar-refractivity contribution in [3.05, 3.63) is 29.0 Å². The smallest absolute Gasteiger partial charge is 0.0731 e. The van der Waals surface area contributed by atoms with Crippen molar-refractivity contribution in [2.75, 3.05) is 0 Å². The number of nitrogens with zero attached hydrogens (tertiary/aromatic N) is 1. The number of halogens is 1. The van der Waals surface area contributed by atoms with Gasteiger partial charge in [-0.25, -0.2) is 0 Å². The summed E-state index contributed by atoms with van der Waals surface area (Å²) in [5, 5.41) is 10.3. The molecule has 0 aromatic carbocycles. The highest BCUT2D eigenvalue weighted by molar-refractivity contribution is 6.33. The van der Waals surface area contributed by atoms with Crippen molar-refractivity contribution in [1.82, 2.24) is 4.98 Å². The molecule has 0 N–H and O–H groups in total. The van der Waals surface area contributed by atoms with Gasteiger partial charge in [0.1, 0.15) is 0 Å². The molecule has 3 nitrogen and oxygen atoms in total. The summed E-state index contributed by atoms with van der Waals surface area (Å²) in [6.07, 6.45) is 2.60. The van der Waals surface area contributed by atoms with Gasteiger partial charge in [0.05, 0.1) is 11.0 Å². The normalized spacial score (nSPS) is 9.30. The van der Waals surface area contributed by atoms with E-state index < -0.39 is 5.97 Å². The van der Waals surface area contributed by atoms with Crippen LogP contribution in [-0.2, 0) is 0 Å². The molecule has 0 amide bonds. The molecule has 10 heavy (non-hydrogen) atoms. The van der Waals surface area contributed by atoms with Gasteiger partial charge in [0, 0.05) is 18.0 Å². The highest BCUT2D eigenvalue weighted by Gasteiger charge is 1.97. The molecule has 0 aliphatic heterocycles. The minimum atomic E-state index is -1.28. The first-order valence-electron chi connectivity index (χ1n) is 2.52. The van der Waals surface area contributed by atoms with E-state index >= 15 is 0 Å². The summed E-state index contributed by atoms with van der Waals surface area (Å²) in [4.78, 5) is 13.8. The van der Waals surface area contributed by atoms with Crippen molar-refractivity contribution >= 4 is 17.6 Å². The van der Waals surface area contributed by atoms with Gasteiger partial charge >= 0.3 is 0 Å². The number of carbonyl (C=O) groups is 1. The minimum Gasteiger partial charge on any atom is -0.545 e. The zero-order valence-electron chi connectivity index (χ0n) is 4.87. The second-order valence-electron chi connectivity index (χ2n) is 1.64. The van der Waals surface area contributed by atoms with E-state index in [0.717, 1.165) is 0 Å². The summed E-state index contributed by atoms with van der Waals surface area (Å²) >= 11 is 5.44. The quantitative estimate of drug-likeness (QED) is 0.580. The predicted octanol–water partition coefficient (Wildman–Crippen LogP) is 0.0985. The molecule has 0 aliphatic carbocycles. The average Bonchev–Trinajstić information content (AvgIpc) is 1.88. The number of hydrogen-bond acceptors (Lipinski definition) is 3. The number of aromatic nitrogens is 1. The standard InChI is InChI=1S/C6H4ClNO2/c7-5-3-8-2-1-4(5)6(9)10/h1-3H,(H,9,10)/p-1. The molecule has 1 aromatic heterocycles. The molecule has 0 bridgehead atoms. The van der Waals surface area contributed by atoms with Crippen LogP contribution < -0.4 is 5.11 Å². The number of carbonyl (C=O) groups excluding carboxylic acids is 1. The van der Waals surface area contributed by atoms with Crippen molar-refractivity contribution < 1.29 is 9.90 Å². The third-order valence-electron chi connectivity index (χ3n) is 0.992. The first-order chi connectivity index (χ1) is 4.72. The molecule has 1 heterocycles. The molecular formula is C6H3ClNO2-. The van der Waals surface area contributed by atoms with E-state index in [1.165, 1.54) is 18.5 Å². The van der Waals surface area contributed by atoms with Crippen molar-refractivity contribution in [2.24, 2.45) is 0 Å². The highest BCUT2D eigenvalue weighted by atomic mass is 35.5. The monoisotopic (exact) mass is 156 g/mol. The van der Waals surface area contributed by atoms with Crippen LogP contribution in [0.3, 0.4) is 0 Å². The molecule has 0 aliphatic rings. The zero-order chi connectivity index (χ0) is 7.56. The SMILES string of the molecule is O=C([O-])c1ccncc1Cl. The Morgan fingerprint density at radius 1 is 1.70 bits per heavy atom. The molecule has 0 saturated carbocycles. The molecular weight excluding hydrogens is 154 g/mol. The third kappa shape index (κ3) is 1.25.